The second kappa shape index (κ2) is 8.34. The zero-order chi connectivity index (χ0) is 15.7. The molecule has 3 heteroatoms. The molecule has 0 heterocycles. The third kappa shape index (κ3) is 4.05. The van der Waals surface area contributed by atoms with Crippen LogP contribution in [-0.4, -0.2) is 12.6 Å². The summed E-state index contributed by atoms with van der Waals surface area (Å²) in [5, 5.41) is 9.37. The molecule has 1 aromatic rings. The number of carbonyl (C=O) groups excluding carboxylic acids is 1. The van der Waals surface area contributed by atoms with Crippen molar-refractivity contribution in [1.29, 1.82) is 5.26 Å². The lowest BCUT2D eigenvalue weighted by atomic mass is 9.93. The third-order valence-corrected chi connectivity index (χ3v) is 2.78. The molecule has 0 radical (unpaired) electrons. The van der Waals surface area contributed by atoms with Crippen LogP contribution in [0.1, 0.15) is 12.5 Å². The molecule has 0 saturated carbocycles. The fraction of sp³-hybridized carbons (Fsp3) is 0.111. The first-order valence-corrected chi connectivity index (χ1v) is 6.46. The fourth-order valence-electron chi connectivity index (χ4n) is 1.83. The molecule has 0 fully saturated rings. The summed E-state index contributed by atoms with van der Waals surface area (Å²) in [6.45, 7) is 9.11. The minimum Gasteiger partial charge on any atom is -0.457 e. The molecule has 1 rings (SSSR count). The van der Waals surface area contributed by atoms with Crippen molar-refractivity contribution in [3.63, 3.8) is 0 Å². The maximum Gasteiger partial charge on any atom is 0.349 e. The maximum absolute atomic E-state index is 12.1. The molecule has 21 heavy (non-hydrogen) atoms. The fourth-order valence-corrected chi connectivity index (χ4v) is 1.83. The number of esters is 1. The Balaban J connectivity index is 3.49. The van der Waals surface area contributed by atoms with Gasteiger partial charge < -0.3 is 4.74 Å². The second-order valence-corrected chi connectivity index (χ2v) is 4.06. The van der Waals surface area contributed by atoms with Gasteiger partial charge in [0.15, 0.2) is 0 Å². The largest absolute Gasteiger partial charge is 0.457 e. The van der Waals surface area contributed by atoms with Crippen LogP contribution in [0.25, 0.3) is 5.57 Å². The first kappa shape index (κ1) is 16.2. The molecule has 106 valence electrons. The van der Waals surface area contributed by atoms with E-state index in [1.54, 1.807) is 12.2 Å². The lowest BCUT2D eigenvalue weighted by Crippen LogP contribution is -2.10. The SMILES string of the molecule is C=CCOC(=O)/C(C#N)=C(/C(C=C)=C/C)c1ccccc1. The number of hydrogen-bond acceptors (Lipinski definition) is 3. The van der Waals surface area contributed by atoms with Gasteiger partial charge in [0, 0.05) is 5.57 Å². The minimum absolute atomic E-state index is 0.0453. The number of benzene rings is 1. The lowest BCUT2D eigenvalue weighted by Gasteiger charge is -2.11. The second-order valence-electron chi connectivity index (χ2n) is 4.06. The molecule has 0 aliphatic carbocycles. The number of carbonyl (C=O) groups is 1. The molecule has 0 unspecified atom stereocenters. The molecule has 0 aliphatic heterocycles. The van der Waals surface area contributed by atoms with Gasteiger partial charge in [0.1, 0.15) is 18.2 Å². The molecule has 0 spiro atoms. The van der Waals surface area contributed by atoms with E-state index in [2.05, 4.69) is 13.2 Å². The summed E-state index contributed by atoms with van der Waals surface area (Å²) >= 11 is 0. The summed E-state index contributed by atoms with van der Waals surface area (Å²) in [7, 11) is 0. The predicted octanol–water partition coefficient (Wildman–Crippen LogP) is 3.83. The summed E-state index contributed by atoms with van der Waals surface area (Å²) in [5.74, 6) is -0.669. The number of hydrogen-bond donors (Lipinski definition) is 0. The number of rotatable bonds is 6. The van der Waals surface area contributed by atoms with Crippen LogP contribution in [0.5, 0.6) is 0 Å². The molecule has 0 bridgehead atoms. The highest BCUT2D eigenvalue weighted by molar-refractivity contribution is 6.05. The molecule has 1 aromatic carbocycles. The van der Waals surface area contributed by atoms with Crippen LogP contribution in [0, 0.1) is 11.3 Å². The molecule has 0 N–H and O–H groups in total. The standard InChI is InChI=1S/C18H17NO2/c1-4-12-21-18(20)16(13-19)17(14(5-2)6-3)15-10-8-7-9-11-15/h4-11H,1-2,12H2,3H3/b14-6+,17-16-. The van der Waals surface area contributed by atoms with Gasteiger partial charge in [-0.15, -0.1) is 0 Å². The zero-order valence-corrected chi connectivity index (χ0v) is 12.0. The van der Waals surface area contributed by atoms with Crippen molar-refractivity contribution in [2.75, 3.05) is 6.61 Å². The van der Waals surface area contributed by atoms with E-state index >= 15 is 0 Å². The van der Waals surface area contributed by atoms with E-state index in [-0.39, 0.29) is 12.2 Å². The Morgan fingerprint density at radius 2 is 2.00 bits per heavy atom. The molecular formula is C18H17NO2. The van der Waals surface area contributed by atoms with Crippen molar-refractivity contribution in [1.82, 2.24) is 0 Å². The van der Waals surface area contributed by atoms with Gasteiger partial charge in [0.05, 0.1) is 0 Å². The molecule has 3 nitrogen and oxygen atoms in total. The van der Waals surface area contributed by atoms with Crippen molar-refractivity contribution in [3.05, 3.63) is 78.4 Å². The van der Waals surface area contributed by atoms with Crippen molar-refractivity contribution in [2.24, 2.45) is 0 Å². The minimum atomic E-state index is -0.669. The van der Waals surface area contributed by atoms with E-state index in [4.69, 9.17) is 4.74 Å². The zero-order valence-electron chi connectivity index (χ0n) is 12.0. The average Bonchev–Trinajstić information content (AvgIpc) is 2.53. The molecule has 0 amide bonds. The van der Waals surface area contributed by atoms with Crippen molar-refractivity contribution < 1.29 is 9.53 Å². The third-order valence-electron chi connectivity index (χ3n) is 2.78. The van der Waals surface area contributed by atoms with Gasteiger partial charge >= 0.3 is 5.97 Å². The number of nitrogens with zero attached hydrogens (tertiary/aromatic N) is 1. The highest BCUT2D eigenvalue weighted by atomic mass is 16.5. The van der Waals surface area contributed by atoms with E-state index < -0.39 is 5.97 Å². The van der Waals surface area contributed by atoms with Crippen LogP contribution in [0.15, 0.2) is 72.9 Å². The van der Waals surface area contributed by atoms with Crippen molar-refractivity contribution in [3.8, 4) is 6.07 Å². The first-order chi connectivity index (χ1) is 10.2. The van der Waals surface area contributed by atoms with Crippen LogP contribution in [0.3, 0.4) is 0 Å². The maximum atomic E-state index is 12.1. The number of allylic oxidation sites excluding steroid dienone is 4. The monoisotopic (exact) mass is 279 g/mol. The Hall–Kier alpha value is -2.86. The highest BCUT2D eigenvalue weighted by Crippen LogP contribution is 2.28. The molecule has 0 saturated heterocycles. The first-order valence-electron chi connectivity index (χ1n) is 6.46. The van der Waals surface area contributed by atoms with Gasteiger partial charge in [0.2, 0.25) is 0 Å². The normalized spacial score (nSPS) is 11.9. The summed E-state index contributed by atoms with van der Waals surface area (Å²) < 4.78 is 4.99. The number of ether oxygens (including phenoxy) is 1. The van der Waals surface area contributed by atoms with Gasteiger partial charge in [-0.05, 0) is 18.1 Å². The van der Waals surface area contributed by atoms with E-state index in [1.165, 1.54) is 6.08 Å². The van der Waals surface area contributed by atoms with Gasteiger partial charge in [-0.25, -0.2) is 4.79 Å². The Bertz CT molecular complexity index is 631. The van der Waals surface area contributed by atoms with E-state index in [9.17, 15) is 10.1 Å². The molecular weight excluding hydrogens is 262 g/mol. The Kier molecular flexibility index (Phi) is 6.43. The quantitative estimate of drug-likeness (QED) is 0.261. The molecule has 0 aliphatic rings. The molecule has 0 atom stereocenters. The molecule has 0 aromatic heterocycles. The van der Waals surface area contributed by atoms with Gasteiger partial charge in [-0.3, -0.25) is 0 Å². The van der Waals surface area contributed by atoms with Gasteiger partial charge in [0.25, 0.3) is 0 Å². The van der Waals surface area contributed by atoms with Gasteiger partial charge in [-0.2, -0.15) is 5.26 Å². The van der Waals surface area contributed by atoms with Crippen LogP contribution >= 0.6 is 0 Å². The summed E-state index contributed by atoms with van der Waals surface area (Å²) in [4.78, 5) is 12.1. The summed E-state index contributed by atoms with van der Waals surface area (Å²) in [6, 6.07) is 11.2. The van der Waals surface area contributed by atoms with Crippen molar-refractivity contribution >= 4 is 11.5 Å². The Morgan fingerprint density at radius 1 is 1.33 bits per heavy atom. The van der Waals surface area contributed by atoms with E-state index in [0.29, 0.717) is 11.1 Å². The van der Waals surface area contributed by atoms with Gasteiger partial charge in [-0.1, -0.05) is 61.7 Å². The van der Waals surface area contributed by atoms with Crippen LogP contribution in [-0.2, 0) is 9.53 Å². The highest BCUT2D eigenvalue weighted by Gasteiger charge is 2.19. The number of nitriles is 1. The summed E-state index contributed by atoms with van der Waals surface area (Å²) in [6.07, 6.45) is 4.87. The lowest BCUT2D eigenvalue weighted by molar-refractivity contribution is -0.137. The van der Waals surface area contributed by atoms with E-state index in [1.807, 2.05) is 43.3 Å². The smallest absolute Gasteiger partial charge is 0.349 e. The average molecular weight is 279 g/mol. The van der Waals surface area contributed by atoms with Crippen molar-refractivity contribution in [2.45, 2.75) is 6.92 Å². The predicted molar refractivity (Wildman–Crippen MR) is 84.1 cm³/mol. The Morgan fingerprint density at radius 3 is 2.48 bits per heavy atom. The summed E-state index contributed by atoms with van der Waals surface area (Å²) in [5.41, 5.74) is 1.94. The van der Waals surface area contributed by atoms with Crippen LogP contribution in [0.2, 0.25) is 0 Å². The van der Waals surface area contributed by atoms with Crippen LogP contribution in [0.4, 0.5) is 0 Å². The Labute approximate surface area is 125 Å². The van der Waals surface area contributed by atoms with Crippen LogP contribution < -0.4 is 0 Å². The van der Waals surface area contributed by atoms with E-state index in [0.717, 1.165) is 5.56 Å². The topological polar surface area (TPSA) is 50.1 Å².